The molecule has 1 fully saturated rings. The Morgan fingerprint density at radius 2 is 2.10 bits per heavy atom. The fourth-order valence-electron chi connectivity index (χ4n) is 2.55. The minimum Gasteiger partial charge on any atom is -0.348 e. The predicted molar refractivity (Wildman–Crippen MR) is 68.2 cm³/mol. The van der Waals surface area contributed by atoms with Crippen LogP contribution in [0.3, 0.4) is 0 Å². The van der Waals surface area contributed by atoms with Crippen LogP contribution in [0.15, 0.2) is 18.2 Å². The highest BCUT2D eigenvalue weighted by Crippen LogP contribution is 2.37. The molecule has 0 spiro atoms. The summed E-state index contributed by atoms with van der Waals surface area (Å²) in [5.41, 5.74) is 0.952. The van der Waals surface area contributed by atoms with Crippen molar-refractivity contribution in [1.29, 1.82) is 0 Å². The van der Waals surface area contributed by atoms with Crippen molar-refractivity contribution in [2.75, 3.05) is 0 Å². The molecule has 1 saturated carbocycles. The van der Waals surface area contributed by atoms with E-state index in [4.69, 9.17) is 0 Å². The minimum absolute atomic E-state index is 0.0406. The van der Waals surface area contributed by atoms with Crippen molar-refractivity contribution in [3.63, 3.8) is 0 Å². The zero-order chi connectivity index (χ0) is 14.8. The summed E-state index contributed by atoms with van der Waals surface area (Å²) in [6.45, 7) is 1.76. The number of alkyl halides is 3. The van der Waals surface area contributed by atoms with E-state index >= 15 is 0 Å². The molecule has 1 heterocycles. The lowest BCUT2D eigenvalue weighted by Crippen LogP contribution is -2.41. The number of aromatic nitrogens is 1. The standard InChI is InChI=1S/C14H17F3N2O/c1-9-4-2-7-12(18-9)13(20)19-11-6-3-5-10(8-11)14(15,16)17/h2,4,7,10-11H,3,5-6,8H2,1H3,(H,19,20)/t10-,11+/m1/s1. The molecule has 0 radical (unpaired) electrons. The van der Waals surface area contributed by atoms with Crippen LogP contribution < -0.4 is 5.32 Å². The van der Waals surface area contributed by atoms with Gasteiger partial charge in [-0.25, -0.2) is 4.98 Å². The van der Waals surface area contributed by atoms with Gasteiger partial charge >= 0.3 is 6.18 Å². The molecular weight excluding hydrogens is 269 g/mol. The summed E-state index contributed by atoms with van der Waals surface area (Å²) < 4.78 is 38.1. The molecule has 1 aliphatic rings. The summed E-state index contributed by atoms with van der Waals surface area (Å²) in [6, 6.07) is 4.60. The summed E-state index contributed by atoms with van der Waals surface area (Å²) in [5, 5.41) is 2.66. The van der Waals surface area contributed by atoms with Gasteiger partial charge in [0.1, 0.15) is 5.69 Å². The van der Waals surface area contributed by atoms with E-state index in [1.165, 1.54) is 0 Å². The largest absolute Gasteiger partial charge is 0.391 e. The fraction of sp³-hybridized carbons (Fsp3) is 0.571. The number of aryl methyl sites for hydroxylation is 1. The molecular formula is C14H17F3N2O. The number of nitrogens with zero attached hydrogens (tertiary/aromatic N) is 1. The molecule has 0 aromatic carbocycles. The molecule has 6 heteroatoms. The van der Waals surface area contributed by atoms with E-state index < -0.39 is 24.0 Å². The van der Waals surface area contributed by atoms with Crippen LogP contribution in [0.25, 0.3) is 0 Å². The minimum atomic E-state index is -4.18. The van der Waals surface area contributed by atoms with Gasteiger partial charge in [0, 0.05) is 11.7 Å². The van der Waals surface area contributed by atoms with E-state index in [0.29, 0.717) is 18.5 Å². The summed E-state index contributed by atoms with van der Waals surface area (Å²) in [5.74, 6) is -1.71. The topological polar surface area (TPSA) is 42.0 Å². The Hall–Kier alpha value is -1.59. The van der Waals surface area contributed by atoms with Gasteiger partial charge in [-0.05, 0) is 38.3 Å². The Morgan fingerprint density at radius 1 is 1.35 bits per heavy atom. The number of halogens is 3. The first-order valence-corrected chi connectivity index (χ1v) is 6.67. The van der Waals surface area contributed by atoms with Gasteiger partial charge in [0.15, 0.2) is 0 Å². The van der Waals surface area contributed by atoms with Crippen LogP contribution >= 0.6 is 0 Å². The summed E-state index contributed by atoms with van der Waals surface area (Å²) in [6.07, 6.45) is -2.99. The van der Waals surface area contributed by atoms with Gasteiger partial charge in [-0.1, -0.05) is 12.5 Å². The fourth-order valence-corrected chi connectivity index (χ4v) is 2.55. The average molecular weight is 286 g/mol. The first kappa shape index (κ1) is 14.8. The Balaban J connectivity index is 1.98. The normalized spacial score (nSPS) is 23.4. The van der Waals surface area contributed by atoms with Gasteiger partial charge in [-0.3, -0.25) is 4.79 Å². The van der Waals surface area contributed by atoms with Crippen LogP contribution in [0, 0.1) is 12.8 Å². The van der Waals surface area contributed by atoms with Gasteiger partial charge in [0.25, 0.3) is 5.91 Å². The number of carbonyl (C=O) groups excluding carboxylic acids is 1. The molecule has 0 aliphatic heterocycles. The molecule has 1 amide bonds. The zero-order valence-electron chi connectivity index (χ0n) is 11.2. The van der Waals surface area contributed by atoms with Gasteiger partial charge in [-0.2, -0.15) is 13.2 Å². The number of amides is 1. The smallest absolute Gasteiger partial charge is 0.348 e. The molecule has 1 aliphatic carbocycles. The molecule has 20 heavy (non-hydrogen) atoms. The van der Waals surface area contributed by atoms with E-state index in [1.54, 1.807) is 25.1 Å². The molecule has 2 atom stereocenters. The SMILES string of the molecule is Cc1cccc(C(=O)N[C@H]2CCC[C@@H](C(F)(F)F)C2)n1. The van der Waals surface area contributed by atoms with E-state index in [-0.39, 0.29) is 18.5 Å². The second-order valence-corrected chi connectivity index (χ2v) is 5.24. The first-order valence-electron chi connectivity index (χ1n) is 6.67. The maximum atomic E-state index is 12.7. The van der Waals surface area contributed by atoms with Crippen molar-refractivity contribution >= 4 is 5.91 Å². The van der Waals surface area contributed by atoms with Crippen LogP contribution in [0.2, 0.25) is 0 Å². The molecule has 0 saturated heterocycles. The quantitative estimate of drug-likeness (QED) is 0.907. The van der Waals surface area contributed by atoms with E-state index in [9.17, 15) is 18.0 Å². The van der Waals surface area contributed by atoms with E-state index in [1.807, 2.05) is 0 Å². The van der Waals surface area contributed by atoms with Crippen LogP contribution in [-0.2, 0) is 0 Å². The third kappa shape index (κ3) is 3.71. The third-order valence-electron chi connectivity index (χ3n) is 3.59. The highest BCUT2D eigenvalue weighted by molar-refractivity contribution is 5.92. The number of pyridine rings is 1. The molecule has 0 unspecified atom stereocenters. The zero-order valence-corrected chi connectivity index (χ0v) is 11.2. The average Bonchev–Trinajstić information content (AvgIpc) is 2.38. The van der Waals surface area contributed by atoms with Crippen LogP contribution in [0.4, 0.5) is 13.2 Å². The van der Waals surface area contributed by atoms with Crippen molar-refractivity contribution < 1.29 is 18.0 Å². The lowest BCUT2D eigenvalue weighted by atomic mass is 9.85. The highest BCUT2D eigenvalue weighted by Gasteiger charge is 2.42. The monoisotopic (exact) mass is 286 g/mol. The number of hydrogen-bond donors (Lipinski definition) is 1. The van der Waals surface area contributed by atoms with Crippen molar-refractivity contribution in [3.05, 3.63) is 29.6 Å². The van der Waals surface area contributed by atoms with Gasteiger partial charge in [0.2, 0.25) is 0 Å². The highest BCUT2D eigenvalue weighted by atomic mass is 19.4. The van der Waals surface area contributed by atoms with Crippen LogP contribution in [0.5, 0.6) is 0 Å². The molecule has 1 aromatic heterocycles. The lowest BCUT2D eigenvalue weighted by Gasteiger charge is -2.30. The van der Waals surface area contributed by atoms with Crippen LogP contribution in [-0.4, -0.2) is 23.1 Å². The molecule has 110 valence electrons. The van der Waals surface area contributed by atoms with Crippen LogP contribution in [0.1, 0.15) is 41.9 Å². The molecule has 2 rings (SSSR count). The molecule has 3 nitrogen and oxygen atoms in total. The number of nitrogens with one attached hydrogen (secondary N) is 1. The van der Waals surface area contributed by atoms with Crippen molar-refractivity contribution in [3.8, 4) is 0 Å². The Kier molecular flexibility index (Phi) is 4.30. The van der Waals surface area contributed by atoms with Gasteiger partial charge < -0.3 is 5.32 Å². The summed E-state index contributed by atoms with van der Waals surface area (Å²) >= 11 is 0. The predicted octanol–water partition coefficient (Wildman–Crippen LogP) is 3.24. The maximum Gasteiger partial charge on any atom is 0.391 e. The van der Waals surface area contributed by atoms with E-state index in [0.717, 1.165) is 0 Å². The van der Waals surface area contributed by atoms with Gasteiger partial charge in [0.05, 0.1) is 5.92 Å². The number of hydrogen-bond acceptors (Lipinski definition) is 2. The number of rotatable bonds is 2. The summed E-state index contributed by atoms with van der Waals surface area (Å²) in [7, 11) is 0. The van der Waals surface area contributed by atoms with Crippen molar-refractivity contribution in [2.24, 2.45) is 5.92 Å². The number of carbonyl (C=O) groups is 1. The molecule has 1 aromatic rings. The van der Waals surface area contributed by atoms with Crippen molar-refractivity contribution in [2.45, 2.75) is 44.8 Å². The second-order valence-electron chi connectivity index (χ2n) is 5.24. The Bertz CT molecular complexity index is 488. The molecule has 1 N–H and O–H groups in total. The van der Waals surface area contributed by atoms with E-state index in [2.05, 4.69) is 10.3 Å². The summed E-state index contributed by atoms with van der Waals surface area (Å²) in [4.78, 5) is 16.0. The Labute approximate surface area is 115 Å². The molecule has 0 bridgehead atoms. The second kappa shape index (κ2) is 5.81. The van der Waals surface area contributed by atoms with Gasteiger partial charge in [-0.15, -0.1) is 0 Å². The lowest BCUT2D eigenvalue weighted by molar-refractivity contribution is -0.183. The first-order chi connectivity index (χ1) is 9.36. The van der Waals surface area contributed by atoms with Crippen molar-refractivity contribution in [1.82, 2.24) is 10.3 Å². The Morgan fingerprint density at radius 3 is 2.75 bits per heavy atom. The third-order valence-corrected chi connectivity index (χ3v) is 3.59. The maximum absolute atomic E-state index is 12.7.